The van der Waals surface area contributed by atoms with Crippen LogP contribution in [0.2, 0.25) is 0 Å². The van der Waals surface area contributed by atoms with Crippen molar-refractivity contribution in [1.82, 2.24) is 10.6 Å². The summed E-state index contributed by atoms with van der Waals surface area (Å²) < 4.78 is 18.4. The van der Waals surface area contributed by atoms with Gasteiger partial charge in [0.15, 0.2) is 0 Å². The lowest BCUT2D eigenvalue weighted by atomic mass is 10.1. The van der Waals surface area contributed by atoms with Gasteiger partial charge in [-0.15, -0.1) is 0 Å². The highest BCUT2D eigenvalue weighted by molar-refractivity contribution is 5.82. The van der Waals surface area contributed by atoms with E-state index >= 15 is 0 Å². The molecule has 0 aliphatic carbocycles. The zero-order chi connectivity index (χ0) is 17.7. The summed E-state index contributed by atoms with van der Waals surface area (Å²) in [7, 11) is 0. The topological polar surface area (TPSA) is 67.4 Å². The van der Waals surface area contributed by atoms with E-state index in [0.29, 0.717) is 6.54 Å². The first-order valence-corrected chi connectivity index (χ1v) is 8.18. The molecule has 24 heavy (non-hydrogen) atoms. The van der Waals surface area contributed by atoms with E-state index in [-0.39, 0.29) is 31.3 Å². The first kappa shape index (κ1) is 18.4. The molecule has 1 aliphatic heterocycles. The molecule has 6 heteroatoms. The Balaban J connectivity index is 1.79. The minimum atomic E-state index is -0.951. The van der Waals surface area contributed by atoms with E-state index in [0.717, 1.165) is 11.1 Å². The van der Waals surface area contributed by atoms with Crippen LogP contribution < -0.4 is 10.6 Å². The number of nitrogens with one attached hydrogen (secondary N) is 2. The Labute approximate surface area is 142 Å². The van der Waals surface area contributed by atoms with Gasteiger partial charge in [-0.1, -0.05) is 24.3 Å². The summed E-state index contributed by atoms with van der Waals surface area (Å²) in [5.41, 5.74) is 1.29. The molecule has 1 aromatic rings. The predicted molar refractivity (Wildman–Crippen MR) is 89.1 cm³/mol. The SMILES string of the molecule is CC(C)(C)OC(=O)Cc1ccc(CNC(=O)[C@@H]2C[C@H](F)CN2)cc1. The number of ether oxygens (including phenoxy) is 1. The minimum absolute atomic E-state index is 0.187. The predicted octanol–water partition coefficient (Wildman–Crippen LogP) is 1.89. The largest absolute Gasteiger partial charge is 0.460 e. The molecule has 0 saturated carbocycles. The molecule has 2 N–H and O–H groups in total. The Morgan fingerprint density at radius 1 is 1.25 bits per heavy atom. The second-order valence-corrected chi connectivity index (χ2v) is 7.09. The highest BCUT2D eigenvalue weighted by Crippen LogP contribution is 2.12. The molecule has 0 bridgehead atoms. The molecule has 5 nitrogen and oxygen atoms in total. The number of alkyl halides is 1. The number of amides is 1. The smallest absolute Gasteiger partial charge is 0.310 e. The normalized spacial score (nSPS) is 20.7. The molecule has 2 rings (SSSR count). The van der Waals surface area contributed by atoms with Crippen molar-refractivity contribution in [3.8, 4) is 0 Å². The van der Waals surface area contributed by atoms with Gasteiger partial charge in [-0.05, 0) is 31.9 Å². The first-order chi connectivity index (χ1) is 11.2. The summed E-state index contributed by atoms with van der Waals surface area (Å²) in [5, 5.41) is 5.65. The molecule has 0 radical (unpaired) electrons. The maximum absolute atomic E-state index is 13.1. The zero-order valence-corrected chi connectivity index (χ0v) is 14.4. The number of hydrogen-bond donors (Lipinski definition) is 2. The maximum atomic E-state index is 13.1. The van der Waals surface area contributed by atoms with Crippen molar-refractivity contribution >= 4 is 11.9 Å². The Morgan fingerprint density at radius 3 is 2.42 bits per heavy atom. The van der Waals surface area contributed by atoms with Crippen molar-refractivity contribution in [2.24, 2.45) is 0 Å². The summed E-state index contributed by atoms with van der Waals surface area (Å²) in [6.07, 6.45) is -0.512. The van der Waals surface area contributed by atoms with Crippen LogP contribution in [-0.4, -0.2) is 36.2 Å². The van der Waals surface area contributed by atoms with Crippen molar-refractivity contribution in [2.75, 3.05) is 6.54 Å². The van der Waals surface area contributed by atoms with E-state index in [1.54, 1.807) is 0 Å². The van der Waals surface area contributed by atoms with Gasteiger partial charge in [0, 0.05) is 19.5 Å². The van der Waals surface area contributed by atoms with Gasteiger partial charge in [-0.3, -0.25) is 9.59 Å². The molecule has 1 heterocycles. The number of benzene rings is 1. The van der Waals surface area contributed by atoms with E-state index in [1.165, 1.54) is 0 Å². The van der Waals surface area contributed by atoms with Gasteiger partial charge in [0.25, 0.3) is 0 Å². The minimum Gasteiger partial charge on any atom is -0.460 e. The number of halogens is 1. The number of hydrogen-bond acceptors (Lipinski definition) is 4. The van der Waals surface area contributed by atoms with Gasteiger partial charge in [0.2, 0.25) is 5.91 Å². The van der Waals surface area contributed by atoms with Gasteiger partial charge < -0.3 is 15.4 Å². The van der Waals surface area contributed by atoms with Gasteiger partial charge in [0.1, 0.15) is 11.8 Å². The average molecular weight is 336 g/mol. The summed E-state index contributed by atoms with van der Waals surface area (Å²) >= 11 is 0. The molecule has 0 aromatic heterocycles. The van der Waals surface area contributed by atoms with Crippen molar-refractivity contribution in [2.45, 2.75) is 58.0 Å². The van der Waals surface area contributed by atoms with Crippen LogP contribution in [0.1, 0.15) is 38.3 Å². The molecule has 0 unspecified atom stereocenters. The molecule has 132 valence electrons. The van der Waals surface area contributed by atoms with Crippen LogP contribution in [0.4, 0.5) is 4.39 Å². The number of carbonyl (C=O) groups is 2. The van der Waals surface area contributed by atoms with Crippen LogP contribution in [0.3, 0.4) is 0 Å². The highest BCUT2D eigenvalue weighted by Gasteiger charge is 2.28. The summed E-state index contributed by atoms with van der Waals surface area (Å²) in [6, 6.07) is 6.96. The van der Waals surface area contributed by atoms with Crippen molar-refractivity contribution in [1.29, 1.82) is 0 Å². The number of rotatable bonds is 5. The van der Waals surface area contributed by atoms with Crippen molar-refractivity contribution in [3.63, 3.8) is 0 Å². The third-order valence-corrected chi connectivity index (χ3v) is 3.65. The number of esters is 1. The second kappa shape index (κ2) is 7.75. The lowest BCUT2D eigenvalue weighted by molar-refractivity contribution is -0.153. The Bertz CT molecular complexity index is 581. The lowest BCUT2D eigenvalue weighted by Crippen LogP contribution is -2.39. The molecular weight excluding hydrogens is 311 g/mol. The van der Waals surface area contributed by atoms with Crippen LogP contribution in [0.25, 0.3) is 0 Å². The lowest BCUT2D eigenvalue weighted by Gasteiger charge is -2.19. The Kier molecular flexibility index (Phi) is 5.94. The van der Waals surface area contributed by atoms with Gasteiger partial charge in [-0.2, -0.15) is 0 Å². The molecule has 1 fully saturated rings. The number of carbonyl (C=O) groups excluding carboxylic acids is 2. The second-order valence-electron chi connectivity index (χ2n) is 7.09. The highest BCUT2D eigenvalue weighted by atomic mass is 19.1. The molecule has 1 amide bonds. The van der Waals surface area contributed by atoms with Crippen LogP contribution >= 0.6 is 0 Å². The summed E-state index contributed by atoms with van der Waals surface area (Å²) in [4.78, 5) is 23.7. The Hall–Kier alpha value is -1.95. The van der Waals surface area contributed by atoms with Crippen LogP contribution in [0.15, 0.2) is 24.3 Å². The van der Waals surface area contributed by atoms with Gasteiger partial charge in [0.05, 0.1) is 12.5 Å². The summed E-state index contributed by atoms with van der Waals surface area (Å²) in [6.45, 7) is 6.11. The first-order valence-electron chi connectivity index (χ1n) is 8.18. The van der Waals surface area contributed by atoms with Crippen LogP contribution in [-0.2, 0) is 27.3 Å². The molecule has 1 aromatic carbocycles. The van der Waals surface area contributed by atoms with E-state index < -0.39 is 17.8 Å². The van der Waals surface area contributed by atoms with Crippen LogP contribution in [0.5, 0.6) is 0 Å². The molecule has 0 spiro atoms. The molecule has 2 atom stereocenters. The van der Waals surface area contributed by atoms with E-state index in [4.69, 9.17) is 4.74 Å². The maximum Gasteiger partial charge on any atom is 0.310 e. The quantitative estimate of drug-likeness (QED) is 0.806. The van der Waals surface area contributed by atoms with E-state index in [2.05, 4.69) is 10.6 Å². The Morgan fingerprint density at radius 2 is 1.88 bits per heavy atom. The molecular formula is C18H25FN2O3. The average Bonchev–Trinajstić information content (AvgIpc) is 2.91. The third-order valence-electron chi connectivity index (χ3n) is 3.65. The van der Waals surface area contributed by atoms with Gasteiger partial charge in [-0.25, -0.2) is 4.39 Å². The fraction of sp³-hybridized carbons (Fsp3) is 0.556. The van der Waals surface area contributed by atoms with Crippen LogP contribution in [0, 0.1) is 0 Å². The molecule has 1 saturated heterocycles. The zero-order valence-electron chi connectivity index (χ0n) is 14.4. The molecule has 1 aliphatic rings. The van der Waals surface area contributed by atoms with Gasteiger partial charge >= 0.3 is 5.97 Å². The fourth-order valence-electron chi connectivity index (χ4n) is 2.52. The van der Waals surface area contributed by atoms with Crippen molar-refractivity contribution < 1.29 is 18.7 Å². The standard InChI is InChI=1S/C18H25FN2O3/c1-18(2,3)24-16(22)8-12-4-6-13(7-5-12)10-21-17(23)15-9-14(19)11-20-15/h4-7,14-15,20H,8-11H2,1-3H3,(H,21,23)/t14-,15-/m0/s1. The summed E-state index contributed by atoms with van der Waals surface area (Å²) in [5.74, 6) is -0.454. The monoisotopic (exact) mass is 336 g/mol. The van der Waals surface area contributed by atoms with E-state index in [1.807, 2.05) is 45.0 Å². The fourth-order valence-corrected chi connectivity index (χ4v) is 2.52. The third kappa shape index (κ3) is 5.92. The van der Waals surface area contributed by atoms with E-state index in [9.17, 15) is 14.0 Å². The van der Waals surface area contributed by atoms with Crippen molar-refractivity contribution in [3.05, 3.63) is 35.4 Å².